The third-order valence-electron chi connectivity index (χ3n) is 3.66. The van der Waals surface area contributed by atoms with Crippen LogP contribution in [0.2, 0.25) is 5.02 Å². The molecule has 1 amide bonds. The highest BCUT2D eigenvalue weighted by Crippen LogP contribution is 2.21. The molecule has 0 aliphatic heterocycles. The first-order valence-electron chi connectivity index (χ1n) is 7.91. The van der Waals surface area contributed by atoms with Crippen LogP contribution in [0.15, 0.2) is 60.9 Å². The summed E-state index contributed by atoms with van der Waals surface area (Å²) >= 11 is 6.03. The highest BCUT2D eigenvalue weighted by molar-refractivity contribution is 6.33. The summed E-state index contributed by atoms with van der Waals surface area (Å²) in [4.78, 5) is 20.6. The summed E-state index contributed by atoms with van der Waals surface area (Å²) in [7, 11) is 1.63. The molecule has 1 heterocycles. The van der Waals surface area contributed by atoms with E-state index in [0.29, 0.717) is 23.1 Å². The molecule has 3 aromatic rings. The maximum Gasteiger partial charge on any atom is 0.275 e. The first-order valence-corrected chi connectivity index (χ1v) is 8.29. The molecule has 2 N–H and O–H groups in total. The second kappa shape index (κ2) is 8.31. The van der Waals surface area contributed by atoms with Crippen LogP contribution in [0.25, 0.3) is 0 Å². The molecule has 0 radical (unpaired) electrons. The number of methoxy groups -OCH3 is 1. The van der Waals surface area contributed by atoms with Gasteiger partial charge in [0, 0.05) is 12.1 Å². The number of aromatic nitrogens is 2. The van der Waals surface area contributed by atoms with E-state index in [4.69, 9.17) is 16.3 Å². The molecule has 0 unspecified atom stereocenters. The lowest BCUT2D eigenvalue weighted by Crippen LogP contribution is -2.14. The number of carbonyl (C=O) groups is 1. The van der Waals surface area contributed by atoms with Crippen LogP contribution in [0, 0.1) is 0 Å². The van der Waals surface area contributed by atoms with Gasteiger partial charge in [-0.3, -0.25) is 4.79 Å². The van der Waals surface area contributed by atoms with Crippen molar-refractivity contribution in [1.29, 1.82) is 0 Å². The van der Waals surface area contributed by atoms with Gasteiger partial charge in [0.15, 0.2) is 0 Å². The quantitative estimate of drug-likeness (QED) is 0.687. The van der Waals surface area contributed by atoms with Crippen molar-refractivity contribution in [2.45, 2.75) is 6.54 Å². The molecule has 0 bridgehead atoms. The number of hydrogen-bond donors (Lipinski definition) is 2. The Morgan fingerprint density at radius 2 is 1.85 bits per heavy atom. The van der Waals surface area contributed by atoms with Crippen molar-refractivity contribution in [3.05, 3.63) is 77.2 Å². The minimum Gasteiger partial charge on any atom is -0.496 e. The summed E-state index contributed by atoms with van der Waals surface area (Å²) in [6, 6.07) is 14.7. The van der Waals surface area contributed by atoms with E-state index >= 15 is 0 Å². The molecule has 132 valence electrons. The van der Waals surface area contributed by atoms with Gasteiger partial charge in [0.05, 0.1) is 30.2 Å². The van der Waals surface area contributed by atoms with Crippen LogP contribution >= 0.6 is 11.6 Å². The molecule has 26 heavy (non-hydrogen) atoms. The molecule has 2 aromatic carbocycles. The number of nitrogens with zero attached hydrogens (tertiary/aromatic N) is 2. The Kier molecular flexibility index (Phi) is 5.66. The third kappa shape index (κ3) is 4.29. The lowest BCUT2D eigenvalue weighted by Gasteiger charge is -2.10. The van der Waals surface area contributed by atoms with Crippen molar-refractivity contribution in [3.63, 3.8) is 0 Å². The van der Waals surface area contributed by atoms with Gasteiger partial charge < -0.3 is 15.4 Å². The average Bonchev–Trinajstić information content (AvgIpc) is 2.68. The average molecular weight is 369 g/mol. The van der Waals surface area contributed by atoms with E-state index in [1.54, 1.807) is 31.4 Å². The minimum atomic E-state index is -0.373. The molecule has 3 rings (SSSR count). The smallest absolute Gasteiger partial charge is 0.275 e. The van der Waals surface area contributed by atoms with Crippen LogP contribution in [0.1, 0.15) is 16.1 Å². The Hall–Kier alpha value is -3.12. The Labute approximate surface area is 156 Å². The molecule has 6 nitrogen and oxygen atoms in total. The van der Waals surface area contributed by atoms with Crippen molar-refractivity contribution < 1.29 is 9.53 Å². The standard InChI is InChI=1S/C19H17ClN4O2/c1-26-17-9-5-2-6-13(17)10-22-18-12-21-16(11-23-18)19(25)24-15-8-4-3-7-14(15)20/h2-9,11-12H,10H2,1H3,(H,22,23)(H,24,25). The molecule has 0 atom stereocenters. The van der Waals surface area contributed by atoms with Crippen molar-refractivity contribution in [1.82, 2.24) is 9.97 Å². The molecule has 1 aromatic heterocycles. The predicted octanol–water partition coefficient (Wildman–Crippen LogP) is 4.00. The summed E-state index contributed by atoms with van der Waals surface area (Å²) in [6.45, 7) is 0.532. The molecular formula is C19H17ClN4O2. The van der Waals surface area contributed by atoms with Crippen LogP contribution in [0.3, 0.4) is 0 Å². The number of ether oxygens (including phenoxy) is 1. The largest absolute Gasteiger partial charge is 0.496 e. The third-order valence-corrected chi connectivity index (χ3v) is 3.99. The number of anilines is 2. The minimum absolute atomic E-state index is 0.202. The van der Waals surface area contributed by atoms with Crippen molar-refractivity contribution in [3.8, 4) is 5.75 Å². The van der Waals surface area contributed by atoms with E-state index in [9.17, 15) is 4.79 Å². The van der Waals surface area contributed by atoms with Crippen molar-refractivity contribution in [2.24, 2.45) is 0 Å². The predicted molar refractivity (Wildman–Crippen MR) is 102 cm³/mol. The molecule has 0 saturated carbocycles. The molecule has 0 aliphatic rings. The van der Waals surface area contributed by atoms with Gasteiger partial charge in [-0.15, -0.1) is 0 Å². The fourth-order valence-electron chi connectivity index (χ4n) is 2.32. The Bertz CT molecular complexity index is 900. The zero-order valence-corrected chi connectivity index (χ0v) is 14.8. The summed E-state index contributed by atoms with van der Waals surface area (Å²) in [5, 5.41) is 6.32. The molecular weight excluding hydrogens is 352 g/mol. The molecule has 0 spiro atoms. The number of rotatable bonds is 6. The second-order valence-corrected chi connectivity index (χ2v) is 5.79. The van der Waals surface area contributed by atoms with Crippen LogP contribution in [0.4, 0.5) is 11.5 Å². The first-order chi connectivity index (χ1) is 12.7. The maximum atomic E-state index is 12.2. The summed E-state index contributed by atoms with van der Waals surface area (Å²) in [5.74, 6) is 0.982. The molecule has 0 fully saturated rings. The van der Waals surface area contributed by atoms with Gasteiger partial charge in [-0.25, -0.2) is 9.97 Å². The lowest BCUT2D eigenvalue weighted by atomic mass is 10.2. The number of amides is 1. The monoisotopic (exact) mass is 368 g/mol. The van der Waals surface area contributed by atoms with Crippen LogP contribution < -0.4 is 15.4 Å². The normalized spacial score (nSPS) is 10.2. The van der Waals surface area contributed by atoms with Gasteiger partial charge in [-0.1, -0.05) is 41.9 Å². The van der Waals surface area contributed by atoms with Crippen LogP contribution in [-0.4, -0.2) is 23.0 Å². The maximum absolute atomic E-state index is 12.2. The molecule has 0 aliphatic carbocycles. The Morgan fingerprint density at radius 1 is 1.08 bits per heavy atom. The van der Waals surface area contributed by atoms with Crippen molar-refractivity contribution in [2.75, 3.05) is 17.7 Å². The Balaban J connectivity index is 1.63. The fraction of sp³-hybridized carbons (Fsp3) is 0.105. The van der Waals surface area contributed by atoms with Crippen LogP contribution in [0.5, 0.6) is 5.75 Å². The number of carbonyl (C=O) groups excluding carboxylic acids is 1. The summed E-state index contributed by atoms with van der Waals surface area (Å²) < 4.78 is 5.31. The van der Waals surface area contributed by atoms with E-state index in [-0.39, 0.29) is 11.6 Å². The van der Waals surface area contributed by atoms with Gasteiger partial charge >= 0.3 is 0 Å². The Morgan fingerprint density at radius 3 is 2.58 bits per heavy atom. The van der Waals surface area contributed by atoms with E-state index in [2.05, 4.69) is 20.6 Å². The zero-order chi connectivity index (χ0) is 18.4. The van der Waals surface area contributed by atoms with Gasteiger partial charge in [0.2, 0.25) is 0 Å². The number of nitrogens with one attached hydrogen (secondary N) is 2. The van der Waals surface area contributed by atoms with Gasteiger partial charge in [0.25, 0.3) is 5.91 Å². The molecule has 0 saturated heterocycles. The molecule has 7 heteroatoms. The van der Waals surface area contributed by atoms with Crippen LogP contribution in [-0.2, 0) is 6.54 Å². The number of para-hydroxylation sites is 2. The SMILES string of the molecule is COc1ccccc1CNc1cnc(C(=O)Nc2ccccc2Cl)cn1. The van der Waals surface area contributed by atoms with Gasteiger partial charge in [-0.2, -0.15) is 0 Å². The van der Waals surface area contributed by atoms with Gasteiger partial charge in [-0.05, 0) is 18.2 Å². The number of hydrogen-bond acceptors (Lipinski definition) is 5. The number of halogens is 1. The lowest BCUT2D eigenvalue weighted by molar-refractivity contribution is 0.102. The second-order valence-electron chi connectivity index (χ2n) is 5.39. The first kappa shape index (κ1) is 17.7. The van der Waals surface area contributed by atoms with Gasteiger partial charge in [0.1, 0.15) is 17.3 Å². The van der Waals surface area contributed by atoms with E-state index < -0.39 is 0 Å². The van der Waals surface area contributed by atoms with E-state index in [1.165, 1.54) is 12.4 Å². The summed E-state index contributed by atoms with van der Waals surface area (Å²) in [5.41, 5.74) is 1.73. The number of benzene rings is 2. The fourth-order valence-corrected chi connectivity index (χ4v) is 2.50. The van der Waals surface area contributed by atoms with Crippen molar-refractivity contribution >= 4 is 29.0 Å². The zero-order valence-electron chi connectivity index (χ0n) is 14.1. The highest BCUT2D eigenvalue weighted by atomic mass is 35.5. The topological polar surface area (TPSA) is 76.1 Å². The highest BCUT2D eigenvalue weighted by Gasteiger charge is 2.10. The summed E-state index contributed by atoms with van der Waals surface area (Å²) in [6.07, 6.45) is 2.92. The van der Waals surface area contributed by atoms with E-state index in [0.717, 1.165) is 11.3 Å². The van der Waals surface area contributed by atoms with E-state index in [1.807, 2.05) is 24.3 Å².